The third kappa shape index (κ3) is 5.83. The van der Waals surface area contributed by atoms with Crippen LogP contribution in [0.2, 0.25) is 0 Å². The first-order chi connectivity index (χ1) is 18.0. The fourth-order valence-corrected chi connectivity index (χ4v) is 8.12. The lowest BCUT2D eigenvalue weighted by atomic mass is 9.65. The zero-order valence-electron chi connectivity index (χ0n) is 26.7. The van der Waals surface area contributed by atoms with Gasteiger partial charge >= 0.3 is 0 Å². The molecule has 234 valence electrons. The molecule has 0 saturated carbocycles. The predicted molar refractivity (Wildman–Crippen MR) is 160 cm³/mol. The second-order valence-electron chi connectivity index (χ2n) is 15.9. The molecule has 4 heterocycles. The highest BCUT2D eigenvalue weighted by molar-refractivity contribution is 9.09. The van der Waals surface area contributed by atoms with Crippen molar-refractivity contribution < 1.29 is 34.3 Å². The summed E-state index contributed by atoms with van der Waals surface area (Å²) < 4.78 is 26.8. The number of hydrogen-bond donors (Lipinski definition) is 3. The molecular formula is C32H57BrO7. The highest BCUT2D eigenvalue weighted by atomic mass is 79.9. The van der Waals surface area contributed by atoms with E-state index in [-0.39, 0.29) is 17.8 Å². The molecule has 8 heteroatoms. The number of fused-ring (bicyclic) bond motifs is 1. The van der Waals surface area contributed by atoms with E-state index in [0.717, 1.165) is 32.1 Å². The first kappa shape index (κ1) is 33.1. The standard InChI is InChI=1S/C32H57BrO7/c1-25(2,35)23-13-16-28(6,37-23)22(34)12-15-27(5,36)24-14-18-30(8)29(7,38-24)19-20-32(10,40-30)31(9)17-11-21(33)26(3,4)39-31/h21-24,34-36H,11-20H2,1-10H3/t21?,22?,23?,24-,27+,28-,29?,30-,31?,32-/m1/s1. The number of rotatable bonds is 7. The van der Waals surface area contributed by atoms with Gasteiger partial charge in [0.25, 0.3) is 0 Å². The first-order valence-electron chi connectivity index (χ1n) is 15.5. The van der Waals surface area contributed by atoms with Crippen LogP contribution in [-0.4, -0.2) is 83.3 Å². The Hall–Kier alpha value is 0.200. The lowest BCUT2D eigenvalue weighted by Gasteiger charge is -2.64. The van der Waals surface area contributed by atoms with Gasteiger partial charge < -0.3 is 34.3 Å². The van der Waals surface area contributed by atoms with E-state index in [1.54, 1.807) is 13.8 Å². The highest BCUT2D eigenvalue weighted by Gasteiger charge is 2.64. The van der Waals surface area contributed by atoms with Crippen LogP contribution in [0.4, 0.5) is 0 Å². The fraction of sp³-hybridized carbons (Fsp3) is 1.00. The molecule has 4 aliphatic heterocycles. The Kier molecular flexibility index (Phi) is 8.60. The molecule has 4 fully saturated rings. The molecule has 4 aliphatic rings. The molecule has 0 aromatic rings. The number of hydrogen-bond acceptors (Lipinski definition) is 7. The van der Waals surface area contributed by atoms with E-state index in [0.29, 0.717) is 36.9 Å². The minimum Gasteiger partial charge on any atom is -0.390 e. The van der Waals surface area contributed by atoms with Gasteiger partial charge in [0.2, 0.25) is 0 Å². The maximum atomic E-state index is 11.6. The minimum atomic E-state index is -1.11. The molecule has 7 nitrogen and oxygen atoms in total. The van der Waals surface area contributed by atoms with E-state index in [1.807, 2.05) is 13.8 Å². The molecule has 3 N–H and O–H groups in total. The summed E-state index contributed by atoms with van der Waals surface area (Å²) >= 11 is 3.81. The van der Waals surface area contributed by atoms with Gasteiger partial charge in [-0.15, -0.1) is 0 Å². The van der Waals surface area contributed by atoms with E-state index in [2.05, 4.69) is 57.5 Å². The summed E-state index contributed by atoms with van der Waals surface area (Å²) in [4.78, 5) is 0.311. The van der Waals surface area contributed by atoms with Crippen LogP contribution in [0.5, 0.6) is 0 Å². The van der Waals surface area contributed by atoms with Crippen LogP contribution in [-0.2, 0) is 18.9 Å². The van der Waals surface area contributed by atoms with Gasteiger partial charge in [-0.25, -0.2) is 0 Å². The average molecular weight is 634 g/mol. The molecule has 0 bridgehead atoms. The van der Waals surface area contributed by atoms with Gasteiger partial charge in [-0.3, -0.25) is 0 Å². The van der Waals surface area contributed by atoms with Crippen molar-refractivity contribution in [3.8, 4) is 0 Å². The monoisotopic (exact) mass is 632 g/mol. The number of aliphatic hydroxyl groups excluding tert-OH is 1. The summed E-state index contributed by atoms with van der Waals surface area (Å²) in [5.74, 6) is 0. The zero-order valence-corrected chi connectivity index (χ0v) is 28.3. The molecule has 10 atom stereocenters. The summed E-state index contributed by atoms with van der Waals surface area (Å²) in [7, 11) is 0. The van der Waals surface area contributed by atoms with Gasteiger partial charge in [0, 0.05) is 4.83 Å². The van der Waals surface area contributed by atoms with E-state index in [1.165, 1.54) is 0 Å². The Morgan fingerprint density at radius 1 is 0.725 bits per heavy atom. The smallest absolute Gasteiger partial charge is 0.0950 e. The van der Waals surface area contributed by atoms with Crippen molar-refractivity contribution in [2.75, 3.05) is 0 Å². The van der Waals surface area contributed by atoms with Gasteiger partial charge in [0.15, 0.2) is 0 Å². The summed E-state index contributed by atoms with van der Waals surface area (Å²) in [5.41, 5.74) is -4.99. The van der Waals surface area contributed by atoms with Crippen LogP contribution in [0, 0.1) is 0 Å². The number of aliphatic hydroxyl groups is 3. The van der Waals surface area contributed by atoms with Crippen LogP contribution in [0.1, 0.15) is 133 Å². The maximum absolute atomic E-state index is 11.6. The third-order valence-corrected chi connectivity index (χ3v) is 13.2. The molecular weight excluding hydrogens is 576 g/mol. The van der Waals surface area contributed by atoms with Crippen molar-refractivity contribution in [1.29, 1.82) is 0 Å². The highest BCUT2D eigenvalue weighted by Crippen LogP contribution is 2.57. The van der Waals surface area contributed by atoms with E-state index in [9.17, 15) is 15.3 Å². The second kappa shape index (κ2) is 10.4. The number of ether oxygens (including phenoxy) is 4. The summed E-state index contributed by atoms with van der Waals surface area (Å²) in [6.45, 7) is 20.3. The van der Waals surface area contributed by atoms with Crippen LogP contribution in [0.25, 0.3) is 0 Å². The van der Waals surface area contributed by atoms with Gasteiger partial charge in [0.05, 0.1) is 63.1 Å². The van der Waals surface area contributed by atoms with Crippen molar-refractivity contribution in [3.63, 3.8) is 0 Å². The lowest BCUT2D eigenvalue weighted by Crippen LogP contribution is -2.72. The Morgan fingerprint density at radius 2 is 1.25 bits per heavy atom. The van der Waals surface area contributed by atoms with Gasteiger partial charge in [0.1, 0.15) is 0 Å². The SMILES string of the molecule is CC(C)(O)C1CC[C@](C)(C(O)CC[C@](C)(O)[C@H]2CC[C@@]3(C)O[C@@](C)(C4(C)CCC(Br)C(C)(C)O4)CCC3(C)O2)O1. The second-order valence-corrected chi connectivity index (χ2v) is 17.0. The molecule has 0 aliphatic carbocycles. The van der Waals surface area contributed by atoms with Crippen molar-refractivity contribution in [3.05, 3.63) is 0 Å². The molecule has 4 saturated heterocycles. The summed E-state index contributed by atoms with van der Waals surface area (Å²) in [6.07, 6.45) is 5.79. The normalized spacial score (nSPS) is 48.3. The Balaban J connectivity index is 1.40. The van der Waals surface area contributed by atoms with Gasteiger partial charge in [-0.05, 0) is 133 Å². The zero-order chi connectivity index (χ0) is 30.2. The van der Waals surface area contributed by atoms with E-state index >= 15 is 0 Å². The van der Waals surface area contributed by atoms with Crippen LogP contribution < -0.4 is 0 Å². The lowest BCUT2D eigenvalue weighted by molar-refractivity contribution is -0.364. The molecule has 0 spiro atoms. The van der Waals surface area contributed by atoms with E-state index in [4.69, 9.17) is 18.9 Å². The average Bonchev–Trinajstić information content (AvgIpc) is 3.24. The summed E-state index contributed by atoms with van der Waals surface area (Å²) in [5, 5.41) is 33.1. The molecule has 0 aromatic carbocycles. The van der Waals surface area contributed by atoms with E-state index < -0.39 is 45.3 Å². The van der Waals surface area contributed by atoms with Crippen LogP contribution in [0.3, 0.4) is 0 Å². The van der Waals surface area contributed by atoms with Crippen molar-refractivity contribution in [1.82, 2.24) is 0 Å². The van der Waals surface area contributed by atoms with Crippen molar-refractivity contribution >= 4 is 15.9 Å². The molecule has 5 unspecified atom stereocenters. The topological polar surface area (TPSA) is 97.6 Å². The Morgan fingerprint density at radius 3 is 1.82 bits per heavy atom. The largest absolute Gasteiger partial charge is 0.390 e. The summed E-state index contributed by atoms with van der Waals surface area (Å²) in [6, 6.07) is 0. The fourth-order valence-electron chi connectivity index (χ4n) is 7.80. The van der Waals surface area contributed by atoms with Crippen LogP contribution in [0.15, 0.2) is 0 Å². The maximum Gasteiger partial charge on any atom is 0.0950 e. The van der Waals surface area contributed by atoms with Crippen LogP contribution >= 0.6 is 15.9 Å². The molecule has 40 heavy (non-hydrogen) atoms. The van der Waals surface area contributed by atoms with Crippen molar-refractivity contribution in [2.24, 2.45) is 0 Å². The quantitative estimate of drug-likeness (QED) is 0.298. The number of alkyl halides is 1. The number of halogens is 1. The Labute approximate surface area is 251 Å². The van der Waals surface area contributed by atoms with Gasteiger partial charge in [-0.2, -0.15) is 0 Å². The van der Waals surface area contributed by atoms with Crippen molar-refractivity contribution in [2.45, 2.75) is 201 Å². The van der Waals surface area contributed by atoms with Gasteiger partial charge in [-0.1, -0.05) is 15.9 Å². The molecule has 0 amide bonds. The Bertz CT molecular complexity index is 935. The molecule has 4 rings (SSSR count). The predicted octanol–water partition coefficient (Wildman–Crippen LogP) is 5.96. The minimum absolute atomic E-state index is 0.283. The molecule has 0 radical (unpaired) electrons. The third-order valence-electron chi connectivity index (χ3n) is 11.6. The first-order valence-corrected chi connectivity index (χ1v) is 16.4. The molecule has 0 aromatic heterocycles.